The Labute approximate surface area is 111 Å². The summed E-state index contributed by atoms with van der Waals surface area (Å²) in [7, 11) is 0. The van der Waals surface area contributed by atoms with Crippen LogP contribution in [0.3, 0.4) is 0 Å². The fourth-order valence-electron chi connectivity index (χ4n) is 1.77. The van der Waals surface area contributed by atoms with Gasteiger partial charge in [0.2, 0.25) is 5.91 Å². The van der Waals surface area contributed by atoms with Crippen LogP contribution < -0.4 is 5.32 Å². The van der Waals surface area contributed by atoms with Gasteiger partial charge in [-0.05, 0) is 24.6 Å². The average molecular weight is 259 g/mol. The van der Waals surface area contributed by atoms with Gasteiger partial charge in [-0.2, -0.15) is 0 Å². The van der Waals surface area contributed by atoms with Gasteiger partial charge in [0.1, 0.15) is 11.3 Å². The Balaban J connectivity index is 2.03. The monoisotopic (exact) mass is 259 g/mol. The maximum Gasteiger partial charge on any atom is 0.244 e. The summed E-state index contributed by atoms with van der Waals surface area (Å²) < 4.78 is 5.56. The summed E-state index contributed by atoms with van der Waals surface area (Å²) in [4.78, 5) is 11.6. The van der Waals surface area contributed by atoms with E-state index in [1.54, 1.807) is 6.08 Å². The maximum atomic E-state index is 11.6. The van der Waals surface area contributed by atoms with E-state index in [2.05, 4.69) is 5.32 Å². The van der Waals surface area contributed by atoms with Gasteiger partial charge in [0.05, 0.1) is 12.6 Å². The molecule has 1 aromatic heterocycles. The first-order valence-electron chi connectivity index (χ1n) is 6.31. The number of nitrogens with one attached hydrogen (secondary N) is 1. The van der Waals surface area contributed by atoms with E-state index < -0.39 is 0 Å². The molecule has 0 aliphatic rings. The molecule has 100 valence electrons. The fourth-order valence-corrected chi connectivity index (χ4v) is 1.77. The zero-order chi connectivity index (χ0) is 13.7. The number of rotatable bonds is 5. The van der Waals surface area contributed by atoms with E-state index in [-0.39, 0.29) is 18.6 Å². The molecular formula is C15H17NO3. The average Bonchev–Trinajstić information content (AvgIpc) is 2.85. The van der Waals surface area contributed by atoms with Gasteiger partial charge in [-0.1, -0.05) is 25.1 Å². The molecule has 1 unspecified atom stereocenters. The molecule has 2 rings (SSSR count). The Morgan fingerprint density at radius 3 is 2.95 bits per heavy atom. The van der Waals surface area contributed by atoms with Crippen molar-refractivity contribution in [2.45, 2.75) is 19.4 Å². The number of fused-ring (bicyclic) bond motifs is 1. The van der Waals surface area contributed by atoms with E-state index in [1.165, 1.54) is 6.08 Å². The predicted octanol–water partition coefficient (Wildman–Crippen LogP) is 2.33. The number of hydrogen-bond donors (Lipinski definition) is 2. The number of aliphatic hydroxyl groups is 1. The fraction of sp³-hybridized carbons (Fsp3) is 0.267. The van der Waals surface area contributed by atoms with Crippen molar-refractivity contribution < 1.29 is 14.3 Å². The first-order chi connectivity index (χ1) is 9.22. The van der Waals surface area contributed by atoms with Crippen molar-refractivity contribution in [1.29, 1.82) is 0 Å². The van der Waals surface area contributed by atoms with E-state index in [4.69, 9.17) is 9.52 Å². The molecule has 0 saturated carbocycles. The third kappa shape index (κ3) is 3.45. The van der Waals surface area contributed by atoms with Gasteiger partial charge in [0.15, 0.2) is 0 Å². The third-order valence-corrected chi connectivity index (χ3v) is 2.90. The van der Waals surface area contributed by atoms with E-state index in [9.17, 15) is 4.79 Å². The molecular weight excluding hydrogens is 242 g/mol. The lowest BCUT2D eigenvalue weighted by Gasteiger charge is -2.11. The van der Waals surface area contributed by atoms with E-state index in [0.717, 1.165) is 11.0 Å². The number of benzene rings is 1. The smallest absolute Gasteiger partial charge is 0.244 e. The van der Waals surface area contributed by atoms with Gasteiger partial charge in [0.25, 0.3) is 0 Å². The maximum absolute atomic E-state index is 11.6. The quantitative estimate of drug-likeness (QED) is 0.810. The Morgan fingerprint density at radius 2 is 2.26 bits per heavy atom. The number of para-hydroxylation sites is 1. The SMILES string of the molecule is CCC(CO)NC(=O)/C=C/c1cc2ccccc2o1. The van der Waals surface area contributed by atoms with E-state index in [1.807, 2.05) is 37.3 Å². The molecule has 0 aliphatic heterocycles. The number of hydrogen-bond acceptors (Lipinski definition) is 3. The standard InChI is InChI=1S/C15H17NO3/c1-2-12(10-17)16-15(18)8-7-13-9-11-5-3-4-6-14(11)19-13/h3-9,12,17H,2,10H2,1H3,(H,16,18)/b8-7+. The summed E-state index contributed by atoms with van der Waals surface area (Å²) in [6.07, 6.45) is 3.73. The van der Waals surface area contributed by atoms with Crippen LogP contribution in [0.4, 0.5) is 0 Å². The Hall–Kier alpha value is -2.07. The second-order valence-corrected chi connectivity index (χ2v) is 4.32. The van der Waals surface area contributed by atoms with E-state index >= 15 is 0 Å². The highest BCUT2D eigenvalue weighted by molar-refractivity contribution is 5.92. The molecule has 2 N–H and O–H groups in total. The van der Waals surface area contributed by atoms with Crippen LogP contribution >= 0.6 is 0 Å². The van der Waals surface area contributed by atoms with Crippen LogP contribution in [-0.4, -0.2) is 23.7 Å². The largest absolute Gasteiger partial charge is 0.457 e. The number of carbonyl (C=O) groups is 1. The van der Waals surface area contributed by atoms with Gasteiger partial charge in [-0.3, -0.25) is 4.79 Å². The minimum Gasteiger partial charge on any atom is -0.457 e. The zero-order valence-corrected chi connectivity index (χ0v) is 10.8. The molecule has 19 heavy (non-hydrogen) atoms. The van der Waals surface area contributed by atoms with Gasteiger partial charge in [-0.25, -0.2) is 0 Å². The van der Waals surface area contributed by atoms with Crippen LogP contribution in [0.5, 0.6) is 0 Å². The van der Waals surface area contributed by atoms with Crippen molar-refractivity contribution in [3.63, 3.8) is 0 Å². The van der Waals surface area contributed by atoms with Crippen molar-refractivity contribution in [3.8, 4) is 0 Å². The number of aliphatic hydroxyl groups excluding tert-OH is 1. The van der Waals surface area contributed by atoms with Crippen LogP contribution in [0.15, 0.2) is 40.8 Å². The molecule has 0 spiro atoms. The zero-order valence-electron chi connectivity index (χ0n) is 10.8. The second kappa shape index (κ2) is 6.20. The summed E-state index contributed by atoms with van der Waals surface area (Å²) in [5, 5.41) is 12.7. The lowest BCUT2D eigenvalue weighted by atomic mass is 10.2. The van der Waals surface area contributed by atoms with Crippen molar-refractivity contribution >= 4 is 23.0 Å². The number of carbonyl (C=O) groups excluding carboxylic acids is 1. The van der Waals surface area contributed by atoms with Gasteiger partial charge < -0.3 is 14.8 Å². The van der Waals surface area contributed by atoms with Crippen LogP contribution in [0.25, 0.3) is 17.0 Å². The summed E-state index contributed by atoms with van der Waals surface area (Å²) in [5.74, 6) is 0.398. The Morgan fingerprint density at radius 1 is 1.47 bits per heavy atom. The molecule has 4 heteroatoms. The van der Waals surface area contributed by atoms with Crippen molar-refractivity contribution in [2.75, 3.05) is 6.61 Å². The highest BCUT2D eigenvalue weighted by Gasteiger charge is 2.06. The number of furan rings is 1. The second-order valence-electron chi connectivity index (χ2n) is 4.32. The van der Waals surface area contributed by atoms with Crippen LogP contribution in [-0.2, 0) is 4.79 Å². The highest BCUT2D eigenvalue weighted by atomic mass is 16.3. The third-order valence-electron chi connectivity index (χ3n) is 2.90. The Bertz CT molecular complexity index is 549. The van der Waals surface area contributed by atoms with E-state index in [0.29, 0.717) is 12.2 Å². The molecule has 2 aromatic rings. The Kier molecular flexibility index (Phi) is 4.36. The summed E-state index contributed by atoms with van der Waals surface area (Å²) in [6.45, 7) is 1.85. The molecule has 0 radical (unpaired) electrons. The van der Waals surface area contributed by atoms with Crippen LogP contribution in [0.2, 0.25) is 0 Å². The molecule has 4 nitrogen and oxygen atoms in total. The first kappa shape index (κ1) is 13.4. The minimum atomic E-state index is -0.235. The van der Waals surface area contributed by atoms with Crippen molar-refractivity contribution in [1.82, 2.24) is 5.32 Å². The number of amides is 1. The first-order valence-corrected chi connectivity index (χ1v) is 6.31. The van der Waals surface area contributed by atoms with Crippen LogP contribution in [0, 0.1) is 0 Å². The molecule has 0 bridgehead atoms. The predicted molar refractivity (Wildman–Crippen MR) is 74.6 cm³/mol. The molecule has 0 fully saturated rings. The van der Waals surface area contributed by atoms with Gasteiger partial charge in [0, 0.05) is 11.5 Å². The summed E-state index contributed by atoms with van der Waals surface area (Å²) >= 11 is 0. The highest BCUT2D eigenvalue weighted by Crippen LogP contribution is 2.19. The lowest BCUT2D eigenvalue weighted by molar-refractivity contribution is -0.117. The molecule has 1 heterocycles. The van der Waals surface area contributed by atoms with Gasteiger partial charge >= 0.3 is 0 Å². The molecule has 1 aromatic carbocycles. The van der Waals surface area contributed by atoms with Crippen LogP contribution in [0.1, 0.15) is 19.1 Å². The molecule has 0 saturated heterocycles. The van der Waals surface area contributed by atoms with Gasteiger partial charge in [-0.15, -0.1) is 0 Å². The molecule has 1 amide bonds. The molecule has 1 atom stereocenters. The summed E-state index contributed by atoms with van der Waals surface area (Å²) in [5.41, 5.74) is 0.796. The topological polar surface area (TPSA) is 62.5 Å². The normalized spacial score (nSPS) is 12.9. The van der Waals surface area contributed by atoms with Crippen molar-refractivity contribution in [2.24, 2.45) is 0 Å². The molecule has 0 aliphatic carbocycles. The summed E-state index contributed by atoms with van der Waals surface area (Å²) in [6, 6.07) is 9.35. The lowest BCUT2D eigenvalue weighted by Crippen LogP contribution is -2.35. The van der Waals surface area contributed by atoms with Crippen molar-refractivity contribution in [3.05, 3.63) is 42.2 Å². The minimum absolute atomic E-state index is 0.0548.